The standard InChI is InChI=1S/C12H24O2/c1-6-10(7-2)9-11(13)12(4,8-3)14-5/h10H,6-9H2,1-5H3. The predicted octanol–water partition coefficient (Wildman–Crippen LogP) is 3.20. The highest BCUT2D eigenvalue weighted by molar-refractivity contribution is 5.87. The second kappa shape index (κ2) is 6.18. The third kappa shape index (κ3) is 3.41. The monoisotopic (exact) mass is 200 g/mol. The molecule has 0 spiro atoms. The molecule has 0 aliphatic rings. The Kier molecular flexibility index (Phi) is 6.01. The van der Waals surface area contributed by atoms with Crippen LogP contribution >= 0.6 is 0 Å². The molecule has 0 radical (unpaired) electrons. The zero-order valence-corrected chi connectivity index (χ0v) is 10.2. The van der Waals surface area contributed by atoms with Gasteiger partial charge in [0.05, 0.1) is 0 Å². The second-order valence-corrected chi connectivity index (χ2v) is 4.10. The summed E-state index contributed by atoms with van der Waals surface area (Å²) >= 11 is 0. The second-order valence-electron chi connectivity index (χ2n) is 4.10. The van der Waals surface area contributed by atoms with Crippen LogP contribution in [0.4, 0.5) is 0 Å². The summed E-state index contributed by atoms with van der Waals surface area (Å²) < 4.78 is 5.29. The van der Waals surface area contributed by atoms with Crippen LogP contribution in [0.3, 0.4) is 0 Å². The molecule has 0 saturated heterocycles. The van der Waals surface area contributed by atoms with Crippen molar-refractivity contribution in [1.29, 1.82) is 0 Å². The molecule has 84 valence electrons. The Bertz CT molecular complexity index is 167. The highest BCUT2D eigenvalue weighted by Crippen LogP contribution is 2.22. The first-order valence-electron chi connectivity index (χ1n) is 5.62. The van der Waals surface area contributed by atoms with Crippen molar-refractivity contribution in [2.75, 3.05) is 7.11 Å². The molecule has 0 aliphatic carbocycles. The molecular weight excluding hydrogens is 176 g/mol. The molecule has 2 nitrogen and oxygen atoms in total. The van der Waals surface area contributed by atoms with E-state index < -0.39 is 5.60 Å². The molecule has 0 N–H and O–H groups in total. The Morgan fingerprint density at radius 3 is 2.07 bits per heavy atom. The quantitative estimate of drug-likeness (QED) is 0.631. The molecule has 0 aliphatic heterocycles. The zero-order valence-electron chi connectivity index (χ0n) is 10.2. The number of ketones is 1. The lowest BCUT2D eigenvalue weighted by molar-refractivity contribution is -0.140. The minimum atomic E-state index is -0.567. The SMILES string of the molecule is CCC(CC)CC(=O)C(C)(CC)OC. The fraction of sp³-hybridized carbons (Fsp3) is 0.917. The van der Waals surface area contributed by atoms with Gasteiger partial charge < -0.3 is 4.74 Å². The maximum absolute atomic E-state index is 11.9. The fourth-order valence-corrected chi connectivity index (χ4v) is 1.51. The minimum absolute atomic E-state index is 0.246. The average molecular weight is 200 g/mol. The summed E-state index contributed by atoms with van der Waals surface area (Å²) in [5, 5.41) is 0. The zero-order chi connectivity index (χ0) is 11.2. The number of hydrogen-bond donors (Lipinski definition) is 0. The average Bonchev–Trinajstić information content (AvgIpc) is 2.24. The summed E-state index contributed by atoms with van der Waals surface area (Å²) in [6.07, 6.45) is 3.56. The van der Waals surface area contributed by atoms with Gasteiger partial charge in [-0.1, -0.05) is 33.6 Å². The molecule has 0 bridgehead atoms. The molecule has 0 aromatic carbocycles. The maximum atomic E-state index is 11.9. The largest absolute Gasteiger partial charge is 0.371 e. The van der Waals surface area contributed by atoms with E-state index in [0.717, 1.165) is 19.3 Å². The van der Waals surface area contributed by atoms with Crippen molar-refractivity contribution in [3.05, 3.63) is 0 Å². The summed E-state index contributed by atoms with van der Waals surface area (Å²) in [6, 6.07) is 0. The van der Waals surface area contributed by atoms with Gasteiger partial charge in [-0.2, -0.15) is 0 Å². The van der Waals surface area contributed by atoms with Crippen molar-refractivity contribution in [2.45, 2.75) is 59.0 Å². The normalized spacial score (nSPS) is 15.6. The van der Waals surface area contributed by atoms with Gasteiger partial charge in [0.1, 0.15) is 5.60 Å². The van der Waals surface area contributed by atoms with E-state index in [9.17, 15) is 4.79 Å². The van der Waals surface area contributed by atoms with E-state index in [4.69, 9.17) is 4.74 Å². The summed E-state index contributed by atoms with van der Waals surface area (Å²) in [5.74, 6) is 0.764. The first-order chi connectivity index (χ1) is 6.53. The van der Waals surface area contributed by atoms with Crippen molar-refractivity contribution >= 4 is 5.78 Å². The van der Waals surface area contributed by atoms with E-state index in [2.05, 4.69) is 13.8 Å². The molecule has 14 heavy (non-hydrogen) atoms. The highest BCUT2D eigenvalue weighted by atomic mass is 16.5. The lowest BCUT2D eigenvalue weighted by Crippen LogP contribution is -2.37. The number of Topliss-reactive ketones (excluding diaryl/α,β-unsaturated/α-hetero) is 1. The first-order valence-corrected chi connectivity index (χ1v) is 5.62. The predicted molar refractivity (Wildman–Crippen MR) is 59.4 cm³/mol. The van der Waals surface area contributed by atoms with Gasteiger partial charge in [0, 0.05) is 13.5 Å². The van der Waals surface area contributed by atoms with Gasteiger partial charge in [-0.05, 0) is 19.3 Å². The summed E-state index contributed by atoms with van der Waals surface area (Å²) in [6.45, 7) is 8.15. The van der Waals surface area contributed by atoms with Crippen molar-refractivity contribution in [3.8, 4) is 0 Å². The first kappa shape index (κ1) is 13.6. The van der Waals surface area contributed by atoms with E-state index >= 15 is 0 Å². The maximum Gasteiger partial charge on any atom is 0.164 e. The van der Waals surface area contributed by atoms with E-state index in [0.29, 0.717) is 12.3 Å². The van der Waals surface area contributed by atoms with Crippen molar-refractivity contribution in [3.63, 3.8) is 0 Å². The van der Waals surface area contributed by atoms with Gasteiger partial charge in [-0.25, -0.2) is 0 Å². The van der Waals surface area contributed by atoms with Crippen molar-refractivity contribution in [2.24, 2.45) is 5.92 Å². The Balaban J connectivity index is 4.30. The summed E-state index contributed by atoms with van der Waals surface area (Å²) in [4.78, 5) is 11.9. The van der Waals surface area contributed by atoms with E-state index in [-0.39, 0.29) is 5.78 Å². The third-order valence-electron chi connectivity index (χ3n) is 3.34. The third-order valence-corrected chi connectivity index (χ3v) is 3.34. The molecule has 0 aromatic rings. The molecule has 0 amide bonds. The van der Waals surface area contributed by atoms with Gasteiger partial charge in [0.2, 0.25) is 0 Å². The molecule has 0 saturated carbocycles. The number of methoxy groups -OCH3 is 1. The van der Waals surface area contributed by atoms with Gasteiger partial charge in [-0.3, -0.25) is 4.79 Å². The Morgan fingerprint density at radius 1 is 1.29 bits per heavy atom. The molecular formula is C12H24O2. The van der Waals surface area contributed by atoms with Gasteiger partial charge >= 0.3 is 0 Å². The highest BCUT2D eigenvalue weighted by Gasteiger charge is 2.31. The van der Waals surface area contributed by atoms with Crippen LogP contribution in [-0.4, -0.2) is 18.5 Å². The molecule has 1 unspecified atom stereocenters. The van der Waals surface area contributed by atoms with Gasteiger partial charge in [-0.15, -0.1) is 0 Å². The topological polar surface area (TPSA) is 26.3 Å². The number of ether oxygens (including phenoxy) is 1. The fourth-order valence-electron chi connectivity index (χ4n) is 1.51. The van der Waals surface area contributed by atoms with Gasteiger partial charge in [0.25, 0.3) is 0 Å². The Morgan fingerprint density at radius 2 is 1.79 bits per heavy atom. The lowest BCUT2D eigenvalue weighted by atomic mass is 9.88. The lowest BCUT2D eigenvalue weighted by Gasteiger charge is -2.26. The minimum Gasteiger partial charge on any atom is -0.371 e. The number of carbonyl (C=O) groups is 1. The van der Waals surface area contributed by atoms with Crippen molar-refractivity contribution < 1.29 is 9.53 Å². The number of carbonyl (C=O) groups excluding carboxylic acids is 1. The molecule has 2 heteroatoms. The Hall–Kier alpha value is -0.370. The molecule has 0 heterocycles. The van der Waals surface area contributed by atoms with E-state index in [1.807, 2.05) is 13.8 Å². The van der Waals surface area contributed by atoms with Crippen LogP contribution in [0.5, 0.6) is 0 Å². The van der Waals surface area contributed by atoms with Crippen LogP contribution in [0.15, 0.2) is 0 Å². The van der Waals surface area contributed by atoms with Crippen molar-refractivity contribution in [1.82, 2.24) is 0 Å². The van der Waals surface area contributed by atoms with E-state index in [1.54, 1.807) is 7.11 Å². The van der Waals surface area contributed by atoms with Crippen LogP contribution in [-0.2, 0) is 9.53 Å². The molecule has 1 atom stereocenters. The van der Waals surface area contributed by atoms with Gasteiger partial charge in [0.15, 0.2) is 5.78 Å². The summed E-state index contributed by atoms with van der Waals surface area (Å²) in [5.41, 5.74) is -0.567. The van der Waals surface area contributed by atoms with E-state index in [1.165, 1.54) is 0 Å². The number of hydrogen-bond acceptors (Lipinski definition) is 2. The van der Waals surface area contributed by atoms with Crippen LogP contribution in [0, 0.1) is 5.92 Å². The molecule has 0 rings (SSSR count). The molecule has 0 fully saturated rings. The summed E-state index contributed by atoms with van der Waals surface area (Å²) in [7, 11) is 1.62. The Labute approximate surface area is 88.0 Å². The molecule has 0 aromatic heterocycles. The number of rotatable bonds is 7. The van der Waals surface area contributed by atoms with Crippen LogP contribution in [0.1, 0.15) is 53.4 Å². The van der Waals surface area contributed by atoms with Crippen LogP contribution < -0.4 is 0 Å². The van der Waals surface area contributed by atoms with Crippen LogP contribution in [0.25, 0.3) is 0 Å². The smallest absolute Gasteiger partial charge is 0.164 e. The van der Waals surface area contributed by atoms with Crippen LogP contribution in [0.2, 0.25) is 0 Å².